The van der Waals surface area contributed by atoms with Crippen LogP contribution in [-0.4, -0.2) is 28.8 Å². The van der Waals surface area contributed by atoms with Gasteiger partial charge in [0.1, 0.15) is 0 Å². The van der Waals surface area contributed by atoms with Crippen LogP contribution in [0.3, 0.4) is 0 Å². The fraction of sp³-hybridized carbons (Fsp3) is 0.111. The summed E-state index contributed by atoms with van der Waals surface area (Å²) in [6, 6.07) is 15.6. The van der Waals surface area contributed by atoms with Gasteiger partial charge in [0, 0.05) is 10.1 Å². The van der Waals surface area contributed by atoms with Crippen LogP contribution in [0, 0.1) is 0 Å². The molecular weight excluding hydrogens is 328 g/mol. The zero-order valence-corrected chi connectivity index (χ0v) is 13.4. The van der Waals surface area contributed by atoms with E-state index in [2.05, 4.69) is 0 Å². The van der Waals surface area contributed by atoms with Gasteiger partial charge in [-0.25, -0.2) is 9.59 Å². The van der Waals surface area contributed by atoms with Crippen LogP contribution < -0.4 is 4.74 Å². The van der Waals surface area contributed by atoms with Crippen molar-refractivity contribution < 1.29 is 24.5 Å². The van der Waals surface area contributed by atoms with Gasteiger partial charge < -0.3 is 14.9 Å². The van der Waals surface area contributed by atoms with Gasteiger partial charge in [-0.15, -0.1) is 11.3 Å². The molecule has 0 amide bonds. The van der Waals surface area contributed by atoms with Crippen molar-refractivity contribution in [3.8, 4) is 5.75 Å². The summed E-state index contributed by atoms with van der Waals surface area (Å²) < 4.78 is 5.97. The molecule has 3 rings (SSSR count). The first-order chi connectivity index (χ1) is 11.5. The Bertz CT molecular complexity index is 898. The standard InChI is InChI=1S/C18H14O5S/c19-15(20)10-23-16-13-7-6-12(8-11-4-2-1-3-5-11)9-14(13)24-17(16)18(21)22/h1-7,9H,8,10H2,(H,19,20)(H,21,22). The quantitative estimate of drug-likeness (QED) is 0.714. The highest BCUT2D eigenvalue weighted by Crippen LogP contribution is 2.38. The average molecular weight is 342 g/mol. The maximum absolute atomic E-state index is 11.4. The minimum atomic E-state index is -1.15. The van der Waals surface area contributed by atoms with Gasteiger partial charge in [-0.2, -0.15) is 0 Å². The number of carboxylic acids is 2. The van der Waals surface area contributed by atoms with Crippen molar-refractivity contribution >= 4 is 33.4 Å². The molecule has 3 aromatic rings. The molecule has 24 heavy (non-hydrogen) atoms. The van der Waals surface area contributed by atoms with E-state index in [0.717, 1.165) is 33.6 Å². The zero-order valence-electron chi connectivity index (χ0n) is 12.6. The molecule has 0 atom stereocenters. The number of rotatable bonds is 6. The Hall–Kier alpha value is -2.86. The summed E-state index contributed by atoms with van der Waals surface area (Å²) in [5.41, 5.74) is 2.21. The Balaban J connectivity index is 1.98. The Kier molecular flexibility index (Phi) is 4.48. The second-order valence-corrected chi connectivity index (χ2v) is 6.29. The number of hydrogen-bond acceptors (Lipinski definition) is 4. The van der Waals surface area contributed by atoms with Crippen LogP contribution >= 0.6 is 11.3 Å². The second kappa shape index (κ2) is 6.72. The molecule has 0 aliphatic heterocycles. The first-order valence-corrected chi connectivity index (χ1v) is 8.03. The van der Waals surface area contributed by atoms with Crippen LogP contribution in [0.2, 0.25) is 0 Å². The molecule has 122 valence electrons. The van der Waals surface area contributed by atoms with Gasteiger partial charge in [0.05, 0.1) is 0 Å². The molecule has 0 aliphatic carbocycles. The zero-order chi connectivity index (χ0) is 17.1. The van der Waals surface area contributed by atoms with Crippen LogP contribution in [0.4, 0.5) is 0 Å². The molecule has 0 saturated heterocycles. The van der Waals surface area contributed by atoms with Crippen LogP contribution in [0.15, 0.2) is 48.5 Å². The highest BCUT2D eigenvalue weighted by Gasteiger charge is 2.20. The number of fused-ring (bicyclic) bond motifs is 1. The van der Waals surface area contributed by atoms with Crippen LogP contribution in [-0.2, 0) is 11.2 Å². The summed E-state index contributed by atoms with van der Waals surface area (Å²) in [6.45, 7) is -0.572. The lowest BCUT2D eigenvalue weighted by atomic mass is 10.0. The molecule has 2 aromatic carbocycles. The maximum atomic E-state index is 11.4. The van der Waals surface area contributed by atoms with Gasteiger partial charge in [-0.3, -0.25) is 0 Å². The molecule has 1 aromatic heterocycles. The number of benzene rings is 2. The van der Waals surface area contributed by atoms with E-state index < -0.39 is 18.5 Å². The van der Waals surface area contributed by atoms with E-state index in [1.54, 1.807) is 6.07 Å². The predicted octanol–water partition coefficient (Wildman–Crippen LogP) is 3.65. The van der Waals surface area contributed by atoms with Crippen LogP contribution in [0.5, 0.6) is 5.75 Å². The topological polar surface area (TPSA) is 83.8 Å². The SMILES string of the molecule is O=C(O)COc1c(C(=O)O)sc2cc(Cc3ccccc3)ccc12. The van der Waals surface area contributed by atoms with E-state index in [9.17, 15) is 14.7 Å². The molecule has 0 spiro atoms. The summed E-state index contributed by atoms with van der Waals surface area (Å²) in [6.07, 6.45) is 0.738. The number of thiophene rings is 1. The fourth-order valence-corrected chi connectivity index (χ4v) is 3.53. The van der Waals surface area contributed by atoms with E-state index in [4.69, 9.17) is 9.84 Å². The fourth-order valence-electron chi connectivity index (χ4n) is 2.48. The van der Waals surface area contributed by atoms with Gasteiger partial charge >= 0.3 is 11.9 Å². The van der Waals surface area contributed by atoms with Crippen molar-refractivity contribution in [2.75, 3.05) is 6.61 Å². The Morgan fingerprint density at radius 3 is 2.42 bits per heavy atom. The Morgan fingerprint density at radius 1 is 1.00 bits per heavy atom. The largest absolute Gasteiger partial charge is 0.479 e. The van der Waals surface area contributed by atoms with Crippen molar-refractivity contribution in [2.45, 2.75) is 6.42 Å². The molecule has 5 nitrogen and oxygen atoms in total. The molecule has 6 heteroatoms. The molecule has 0 unspecified atom stereocenters. The number of carboxylic acid groups (broad SMARTS) is 2. The van der Waals surface area contributed by atoms with Gasteiger partial charge in [-0.1, -0.05) is 36.4 Å². The van der Waals surface area contributed by atoms with E-state index >= 15 is 0 Å². The third kappa shape index (κ3) is 3.38. The summed E-state index contributed by atoms with van der Waals surface area (Å²) >= 11 is 1.09. The second-order valence-electron chi connectivity index (χ2n) is 5.24. The molecule has 0 saturated carbocycles. The minimum absolute atomic E-state index is 0.0168. The monoisotopic (exact) mass is 342 g/mol. The third-order valence-electron chi connectivity index (χ3n) is 3.49. The normalized spacial score (nSPS) is 10.7. The van der Waals surface area contributed by atoms with Crippen molar-refractivity contribution in [2.24, 2.45) is 0 Å². The number of aliphatic carboxylic acids is 1. The lowest BCUT2D eigenvalue weighted by Crippen LogP contribution is -2.10. The Morgan fingerprint density at radius 2 is 1.75 bits per heavy atom. The highest BCUT2D eigenvalue weighted by molar-refractivity contribution is 7.21. The number of ether oxygens (including phenoxy) is 1. The van der Waals surface area contributed by atoms with Crippen molar-refractivity contribution in [1.82, 2.24) is 0 Å². The van der Waals surface area contributed by atoms with E-state index in [-0.39, 0.29) is 10.6 Å². The molecule has 0 fully saturated rings. The smallest absolute Gasteiger partial charge is 0.349 e. The van der Waals surface area contributed by atoms with E-state index in [0.29, 0.717) is 5.39 Å². The molecular formula is C18H14O5S. The third-order valence-corrected chi connectivity index (χ3v) is 4.62. The maximum Gasteiger partial charge on any atom is 0.349 e. The van der Waals surface area contributed by atoms with Gasteiger partial charge in [-0.05, 0) is 29.7 Å². The number of hydrogen-bond donors (Lipinski definition) is 2. The molecule has 2 N–H and O–H groups in total. The van der Waals surface area contributed by atoms with E-state index in [1.807, 2.05) is 42.5 Å². The first kappa shape index (κ1) is 16.0. The predicted molar refractivity (Wildman–Crippen MR) is 91.2 cm³/mol. The first-order valence-electron chi connectivity index (χ1n) is 7.22. The average Bonchev–Trinajstić information content (AvgIpc) is 2.92. The van der Waals surface area contributed by atoms with Crippen molar-refractivity contribution in [1.29, 1.82) is 0 Å². The van der Waals surface area contributed by atoms with Crippen molar-refractivity contribution in [3.63, 3.8) is 0 Å². The molecule has 0 aliphatic rings. The lowest BCUT2D eigenvalue weighted by Gasteiger charge is -2.04. The van der Waals surface area contributed by atoms with Crippen LogP contribution in [0.25, 0.3) is 10.1 Å². The molecule has 0 bridgehead atoms. The summed E-state index contributed by atoms with van der Waals surface area (Å²) in [4.78, 5) is 22.1. The van der Waals surface area contributed by atoms with E-state index in [1.165, 1.54) is 0 Å². The summed E-state index contributed by atoms with van der Waals surface area (Å²) in [5, 5.41) is 18.7. The van der Waals surface area contributed by atoms with Crippen LogP contribution in [0.1, 0.15) is 20.8 Å². The number of carbonyl (C=O) groups is 2. The highest BCUT2D eigenvalue weighted by atomic mass is 32.1. The molecule has 0 radical (unpaired) electrons. The van der Waals surface area contributed by atoms with Crippen molar-refractivity contribution in [3.05, 3.63) is 64.5 Å². The Labute approximate surface area is 141 Å². The van der Waals surface area contributed by atoms with Gasteiger partial charge in [0.25, 0.3) is 0 Å². The summed E-state index contributed by atoms with van der Waals surface area (Å²) in [5.74, 6) is -2.15. The number of aromatic carboxylic acids is 1. The minimum Gasteiger partial charge on any atom is -0.479 e. The van der Waals surface area contributed by atoms with Gasteiger partial charge in [0.2, 0.25) is 0 Å². The summed E-state index contributed by atoms with van der Waals surface area (Å²) in [7, 11) is 0. The van der Waals surface area contributed by atoms with Gasteiger partial charge in [0.15, 0.2) is 17.2 Å². The molecule has 1 heterocycles. The lowest BCUT2D eigenvalue weighted by molar-refractivity contribution is -0.139.